The van der Waals surface area contributed by atoms with Crippen molar-refractivity contribution >= 4 is 23.7 Å². The van der Waals surface area contributed by atoms with Gasteiger partial charge in [0.25, 0.3) is 0 Å². The summed E-state index contributed by atoms with van der Waals surface area (Å²) in [6.45, 7) is 10.4. The average Bonchev–Trinajstić information content (AvgIpc) is 3.01. The summed E-state index contributed by atoms with van der Waals surface area (Å²) in [5.74, 6) is -0.160. The second-order valence-electron chi connectivity index (χ2n) is 11.8. The first-order valence-electron chi connectivity index (χ1n) is 12.9. The summed E-state index contributed by atoms with van der Waals surface area (Å²) < 4.78 is 17.4. The maximum Gasteiger partial charge on any atom is 0.302 e. The van der Waals surface area contributed by atoms with Gasteiger partial charge in [-0.05, 0) is 75.0 Å². The Bertz CT molecular complexity index is 867. The van der Waals surface area contributed by atoms with Crippen LogP contribution >= 0.6 is 0 Å². The lowest BCUT2D eigenvalue weighted by molar-refractivity contribution is -0.205. The molecular weight excluding hydrogens is 436 g/mol. The van der Waals surface area contributed by atoms with Gasteiger partial charge in [0.1, 0.15) is 24.1 Å². The topological polar surface area (TPSA) is 96.0 Å². The van der Waals surface area contributed by atoms with E-state index < -0.39 is 11.5 Å². The highest BCUT2D eigenvalue weighted by molar-refractivity contribution is 5.80. The van der Waals surface area contributed by atoms with E-state index >= 15 is 0 Å². The number of carbonyl (C=O) groups is 4. The molecule has 4 fully saturated rings. The number of Topliss-reactive ketones (excluding diaryl/α,β-unsaturated/α-hetero) is 1. The van der Waals surface area contributed by atoms with Crippen molar-refractivity contribution in [1.29, 1.82) is 0 Å². The Morgan fingerprint density at radius 2 is 1.41 bits per heavy atom. The third-order valence-electron chi connectivity index (χ3n) is 10.1. The molecule has 0 amide bonds. The molecule has 4 saturated carbocycles. The molecule has 10 atom stereocenters. The SMILES string of the molecule is CC(=O)O[C@@H]1CC[C@@]2(C)[C@@H](CC[C@H]3[C@@H]4[C@@H](OC(C)=O)C[C@H](C(C)=O)[C@@]4(C)[C@@H](OC(C)=O)C[C@@H]32)C1. The van der Waals surface area contributed by atoms with Crippen molar-refractivity contribution in [2.45, 2.75) is 105 Å². The third kappa shape index (κ3) is 4.07. The van der Waals surface area contributed by atoms with Gasteiger partial charge in [0.15, 0.2) is 0 Å². The molecule has 7 nitrogen and oxygen atoms in total. The van der Waals surface area contributed by atoms with Crippen LogP contribution in [-0.4, -0.2) is 42.0 Å². The van der Waals surface area contributed by atoms with E-state index in [1.165, 1.54) is 20.8 Å². The Morgan fingerprint density at radius 1 is 0.765 bits per heavy atom. The van der Waals surface area contributed by atoms with Gasteiger partial charge in [-0.1, -0.05) is 13.8 Å². The monoisotopic (exact) mass is 476 g/mol. The lowest BCUT2D eigenvalue weighted by Gasteiger charge is -2.62. The number of carbonyl (C=O) groups excluding carboxylic acids is 4. The summed E-state index contributed by atoms with van der Waals surface area (Å²) in [6, 6.07) is 0. The number of hydrogen-bond acceptors (Lipinski definition) is 7. The number of esters is 3. The fraction of sp³-hybridized carbons (Fsp3) is 0.852. The van der Waals surface area contributed by atoms with E-state index in [9.17, 15) is 19.2 Å². The zero-order valence-corrected chi connectivity index (χ0v) is 21.4. The van der Waals surface area contributed by atoms with Gasteiger partial charge in [0.2, 0.25) is 0 Å². The summed E-state index contributed by atoms with van der Waals surface area (Å²) in [5.41, 5.74) is -0.536. The minimum Gasteiger partial charge on any atom is -0.463 e. The molecule has 4 aliphatic rings. The maximum absolute atomic E-state index is 12.8. The van der Waals surface area contributed by atoms with E-state index in [1.54, 1.807) is 6.92 Å². The first-order valence-corrected chi connectivity index (χ1v) is 12.9. The molecule has 0 spiro atoms. The molecule has 0 unspecified atom stereocenters. The molecule has 34 heavy (non-hydrogen) atoms. The van der Waals surface area contributed by atoms with Crippen LogP contribution < -0.4 is 0 Å². The van der Waals surface area contributed by atoms with Gasteiger partial charge in [0.05, 0.1) is 0 Å². The lowest BCUT2D eigenvalue weighted by Crippen LogP contribution is -2.61. The zero-order chi connectivity index (χ0) is 25.0. The van der Waals surface area contributed by atoms with Gasteiger partial charge in [0, 0.05) is 38.0 Å². The highest BCUT2D eigenvalue weighted by Crippen LogP contribution is 2.68. The second-order valence-corrected chi connectivity index (χ2v) is 11.8. The minimum atomic E-state index is -0.559. The predicted molar refractivity (Wildman–Crippen MR) is 123 cm³/mol. The van der Waals surface area contributed by atoms with Gasteiger partial charge in [-0.3, -0.25) is 19.2 Å². The average molecular weight is 477 g/mol. The zero-order valence-electron chi connectivity index (χ0n) is 21.4. The van der Waals surface area contributed by atoms with Crippen molar-refractivity contribution in [3.63, 3.8) is 0 Å². The largest absolute Gasteiger partial charge is 0.463 e. The highest BCUT2D eigenvalue weighted by atomic mass is 16.6. The van der Waals surface area contributed by atoms with Gasteiger partial charge in [-0.15, -0.1) is 0 Å². The van der Waals surface area contributed by atoms with E-state index in [0.717, 1.165) is 38.5 Å². The van der Waals surface area contributed by atoms with Crippen LogP contribution in [0, 0.1) is 40.4 Å². The molecule has 0 heterocycles. The standard InChI is InChI=1S/C27H40O7/c1-14(28)21-12-23(33-16(3)30)25-20-8-7-18-11-19(32-15(2)29)9-10-26(18,5)22(20)13-24(27(21,25)6)34-17(4)31/h18-25H,7-13H2,1-6H3/t18-,19+,20+,21+,22-,23-,24-,25+,26-,27-/m0/s1. The smallest absolute Gasteiger partial charge is 0.302 e. The molecular formula is C27H40O7. The second kappa shape index (κ2) is 8.94. The van der Waals surface area contributed by atoms with E-state index in [-0.39, 0.29) is 65.0 Å². The summed E-state index contributed by atoms with van der Waals surface area (Å²) in [6.07, 6.45) is 5.08. The number of fused-ring (bicyclic) bond motifs is 5. The molecule has 4 aliphatic carbocycles. The van der Waals surface area contributed by atoms with Crippen LogP contribution in [0.5, 0.6) is 0 Å². The molecule has 0 aromatic heterocycles. The van der Waals surface area contributed by atoms with Crippen molar-refractivity contribution in [3.8, 4) is 0 Å². The Kier molecular flexibility index (Phi) is 6.62. The predicted octanol–water partition coefficient (Wildman–Crippen LogP) is 4.25. The molecule has 0 saturated heterocycles. The molecule has 4 rings (SSSR count). The Balaban J connectivity index is 1.72. The quantitative estimate of drug-likeness (QED) is 0.442. The normalized spacial score (nSPS) is 45.2. The number of ether oxygens (including phenoxy) is 3. The summed E-state index contributed by atoms with van der Waals surface area (Å²) >= 11 is 0. The molecule has 7 heteroatoms. The fourth-order valence-corrected chi connectivity index (χ4v) is 8.86. The van der Waals surface area contributed by atoms with E-state index in [4.69, 9.17) is 14.2 Å². The van der Waals surface area contributed by atoms with Crippen molar-refractivity contribution < 1.29 is 33.4 Å². The molecule has 190 valence electrons. The Hall–Kier alpha value is -1.92. The first kappa shape index (κ1) is 25.2. The first-order chi connectivity index (χ1) is 15.9. The number of hydrogen-bond donors (Lipinski definition) is 0. The van der Waals surface area contributed by atoms with Crippen molar-refractivity contribution in [2.24, 2.45) is 40.4 Å². The molecule has 0 bridgehead atoms. The van der Waals surface area contributed by atoms with Crippen LogP contribution in [0.15, 0.2) is 0 Å². The van der Waals surface area contributed by atoms with Gasteiger partial charge in [-0.2, -0.15) is 0 Å². The van der Waals surface area contributed by atoms with Crippen LogP contribution in [0.1, 0.15) is 86.5 Å². The van der Waals surface area contributed by atoms with Gasteiger partial charge >= 0.3 is 17.9 Å². The van der Waals surface area contributed by atoms with Crippen molar-refractivity contribution in [2.75, 3.05) is 0 Å². The third-order valence-corrected chi connectivity index (χ3v) is 10.1. The Morgan fingerprint density at radius 3 is 2.00 bits per heavy atom. The van der Waals surface area contributed by atoms with Crippen LogP contribution in [0.3, 0.4) is 0 Å². The van der Waals surface area contributed by atoms with E-state index in [1.807, 2.05) is 0 Å². The summed E-state index contributed by atoms with van der Waals surface area (Å²) in [5, 5.41) is 0. The number of ketones is 1. The van der Waals surface area contributed by atoms with E-state index in [0.29, 0.717) is 12.3 Å². The lowest BCUT2D eigenvalue weighted by atomic mass is 9.43. The van der Waals surface area contributed by atoms with E-state index in [2.05, 4.69) is 13.8 Å². The van der Waals surface area contributed by atoms with Crippen LogP contribution in [0.4, 0.5) is 0 Å². The van der Waals surface area contributed by atoms with Crippen LogP contribution in [0.25, 0.3) is 0 Å². The molecule has 0 aromatic rings. The molecule has 0 N–H and O–H groups in total. The van der Waals surface area contributed by atoms with Gasteiger partial charge < -0.3 is 14.2 Å². The van der Waals surface area contributed by atoms with Crippen LogP contribution in [-0.2, 0) is 33.4 Å². The summed E-state index contributed by atoms with van der Waals surface area (Å²) in [4.78, 5) is 48.6. The minimum absolute atomic E-state index is 0.0222. The Labute approximate surface area is 202 Å². The molecule has 0 radical (unpaired) electrons. The maximum atomic E-state index is 12.8. The van der Waals surface area contributed by atoms with Gasteiger partial charge in [-0.25, -0.2) is 0 Å². The van der Waals surface area contributed by atoms with Crippen molar-refractivity contribution in [1.82, 2.24) is 0 Å². The summed E-state index contributed by atoms with van der Waals surface area (Å²) in [7, 11) is 0. The highest BCUT2D eigenvalue weighted by Gasteiger charge is 2.68. The number of rotatable bonds is 4. The fourth-order valence-electron chi connectivity index (χ4n) is 8.86. The van der Waals surface area contributed by atoms with Crippen molar-refractivity contribution in [3.05, 3.63) is 0 Å². The molecule has 0 aliphatic heterocycles. The van der Waals surface area contributed by atoms with Crippen LogP contribution in [0.2, 0.25) is 0 Å². The molecule has 0 aromatic carbocycles.